The minimum atomic E-state index is -0.977. The van der Waals surface area contributed by atoms with Gasteiger partial charge in [-0.05, 0) is 24.3 Å². The third kappa shape index (κ3) is 5.02. The second-order valence-electron chi connectivity index (χ2n) is 5.08. The molecule has 27 heavy (non-hydrogen) atoms. The summed E-state index contributed by atoms with van der Waals surface area (Å²) in [5.74, 6) is -2.30. The molecule has 1 N–H and O–H groups in total. The van der Waals surface area contributed by atoms with Crippen molar-refractivity contribution >= 4 is 35.1 Å². The molecule has 0 aliphatic heterocycles. The molecule has 2 rings (SSSR count). The van der Waals surface area contributed by atoms with Crippen LogP contribution in [0.25, 0.3) is 0 Å². The number of ether oxygens (including phenoxy) is 2. The highest BCUT2D eigenvalue weighted by Crippen LogP contribution is 2.25. The second kappa shape index (κ2) is 8.77. The number of methoxy groups -OCH3 is 1. The van der Waals surface area contributed by atoms with Crippen molar-refractivity contribution in [3.05, 3.63) is 68.7 Å². The number of amides is 2. The van der Waals surface area contributed by atoms with E-state index in [2.05, 4.69) is 5.32 Å². The van der Waals surface area contributed by atoms with Crippen molar-refractivity contribution in [3.63, 3.8) is 0 Å². The third-order valence-corrected chi connectivity index (χ3v) is 3.64. The van der Waals surface area contributed by atoms with Crippen molar-refractivity contribution in [2.24, 2.45) is 0 Å². The molecule has 0 saturated heterocycles. The zero-order valence-electron chi connectivity index (χ0n) is 13.9. The molecule has 0 aliphatic rings. The molecular formula is C17H13ClN2O7. The highest BCUT2D eigenvalue weighted by atomic mass is 35.5. The van der Waals surface area contributed by atoms with Crippen LogP contribution < -0.4 is 10.1 Å². The van der Waals surface area contributed by atoms with Crippen molar-refractivity contribution in [3.8, 4) is 5.75 Å². The van der Waals surface area contributed by atoms with E-state index in [0.717, 1.165) is 6.07 Å². The van der Waals surface area contributed by atoms with Crippen LogP contribution in [-0.4, -0.2) is 36.4 Å². The average Bonchev–Trinajstić information content (AvgIpc) is 2.66. The molecular weight excluding hydrogens is 380 g/mol. The minimum Gasteiger partial charge on any atom is -0.496 e. The molecule has 0 heterocycles. The van der Waals surface area contributed by atoms with Gasteiger partial charge in [0, 0.05) is 6.07 Å². The van der Waals surface area contributed by atoms with Gasteiger partial charge in [-0.1, -0.05) is 23.7 Å². The second-order valence-corrected chi connectivity index (χ2v) is 5.48. The van der Waals surface area contributed by atoms with Crippen LogP contribution in [0, 0.1) is 10.1 Å². The summed E-state index contributed by atoms with van der Waals surface area (Å²) in [6, 6.07) is 9.58. The smallest absolute Gasteiger partial charge is 0.338 e. The van der Waals surface area contributed by atoms with Gasteiger partial charge in [-0.2, -0.15) is 0 Å². The van der Waals surface area contributed by atoms with Crippen molar-refractivity contribution in [1.82, 2.24) is 5.32 Å². The SMILES string of the molecule is COc1ccccc1C(=O)NC(=O)COC(=O)c1ccc(Cl)c([N+](=O)[O-])c1. The largest absolute Gasteiger partial charge is 0.496 e. The van der Waals surface area contributed by atoms with Crippen molar-refractivity contribution in [2.45, 2.75) is 0 Å². The Morgan fingerprint density at radius 2 is 1.89 bits per heavy atom. The van der Waals surface area contributed by atoms with E-state index < -0.39 is 35.0 Å². The number of nitrogens with zero attached hydrogens (tertiary/aromatic N) is 1. The molecule has 2 aromatic carbocycles. The van der Waals surface area contributed by atoms with Gasteiger partial charge in [0.2, 0.25) is 0 Å². The predicted molar refractivity (Wildman–Crippen MR) is 93.9 cm³/mol. The molecule has 0 bridgehead atoms. The van der Waals surface area contributed by atoms with Gasteiger partial charge in [0.25, 0.3) is 17.5 Å². The summed E-state index contributed by atoms with van der Waals surface area (Å²) in [5.41, 5.74) is -0.495. The van der Waals surface area contributed by atoms with E-state index in [1.165, 1.54) is 25.3 Å². The highest BCUT2D eigenvalue weighted by Gasteiger charge is 2.19. The Labute approximate surface area is 158 Å². The monoisotopic (exact) mass is 392 g/mol. The quantitative estimate of drug-likeness (QED) is 0.454. The lowest BCUT2D eigenvalue weighted by molar-refractivity contribution is -0.384. The van der Waals surface area contributed by atoms with E-state index in [1.807, 2.05) is 0 Å². The van der Waals surface area contributed by atoms with Crippen LogP contribution in [0.5, 0.6) is 5.75 Å². The summed E-state index contributed by atoms with van der Waals surface area (Å²) in [6.07, 6.45) is 0. The summed E-state index contributed by atoms with van der Waals surface area (Å²) < 4.78 is 9.78. The first-order chi connectivity index (χ1) is 12.8. The van der Waals surface area contributed by atoms with E-state index in [1.54, 1.807) is 18.2 Å². The fourth-order valence-corrected chi connectivity index (χ4v) is 2.24. The van der Waals surface area contributed by atoms with Gasteiger partial charge < -0.3 is 9.47 Å². The predicted octanol–water partition coefficient (Wildman–Crippen LogP) is 2.37. The lowest BCUT2D eigenvalue weighted by Gasteiger charge is -2.09. The topological polar surface area (TPSA) is 125 Å². The van der Waals surface area contributed by atoms with Crippen LogP contribution in [0.1, 0.15) is 20.7 Å². The normalized spacial score (nSPS) is 10.0. The maximum atomic E-state index is 12.1. The van der Waals surface area contributed by atoms with Crippen molar-refractivity contribution in [1.29, 1.82) is 0 Å². The fourth-order valence-electron chi connectivity index (χ4n) is 2.06. The van der Waals surface area contributed by atoms with Crippen LogP contribution in [0.15, 0.2) is 42.5 Å². The molecule has 0 radical (unpaired) electrons. The van der Waals surface area contributed by atoms with Crippen LogP contribution in [0.3, 0.4) is 0 Å². The zero-order chi connectivity index (χ0) is 20.0. The molecule has 0 saturated carbocycles. The van der Waals surface area contributed by atoms with Crippen molar-refractivity contribution in [2.75, 3.05) is 13.7 Å². The van der Waals surface area contributed by atoms with E-state index in [4.69, 9.17) is 21.1 Å². The van der Waals surface area contributed by atoms with Gasteiger partial charge in [0.05, 0.1) is 23.2 Å². The van der Waals surface area contributed by atoms with Crippen LogP contribution in [0.4, 0.5) is 5.69 Å². The Balaban J connectivity index is 1.97. The summed E-state index contributed by atoms with van der Waals surface area (Å²) in [5, 5.41) is 12.7. The fraction of sp³-hybridized carbons (Fsp3) is 0.118. The lowest BCUT2D eigenvalue weighted by Crippen LogP contribution is -2.34. The number of nitrogens with one attached hydrogen (secondary N) is 1. The highest BCUT2D eigenvalue weighted by molar-refractivity contribution is 6.32. The van der Waals surface area contributed by atoms with Gasteiger partial charge in [-0.25, -0.2) is 4.79 Å². The van der Waals surface area contributed by atoms with Gasteiger partial charge in [0.1, 0.15) is 10.8 Å². The first-order valence-corrected chi connectivity index (χ1v) is 7.79. The molecule has 0 fully saturated rings. The maximum Gasteiger partial charge on any atom is 0.338 e. The number of carbonyl (C=O) groups is 3. The first-order valence-electron chi connectivity index (χ1n) is 7.41. The van der Waals surface area contributed by atoms with E-state index in [9.17, 15) is 24.5 Å². The number of nitro groups is 1. The van der Waals surface area contributed by atoms with Crippen LogP contribution in [0.2, 0.25) is 5.02 Å². The van der Waals surface area contributed by atoms with Crippen molar-refractivity contribution < 1.29 is 28.8 Å². The molecule has 9 nitrogen and oxygen atoms in total. The number of esters is 1. The summed E-state index contributed by atoms with van der Waals surface area (Å²) >= 11 is 5.66. The number of halogens is 1. The molecule has 10 heteroatoms. The number of rotatable bonds is 6. The van der Waals surface area contributed by atoms with Gasteiger partial charge in [0.15, 0.2) is 6.61 Å². The Kier molecular flexibility index (Phi) is 6.45. The first kappa shape index (κ1) is 19.9. The molecule has 2 aromatic rings. The lowest BCUT2D eigenvalue weighted by atomic mass is 10.2. The van der Waals surface area contributed by atoms with Gasteiger partial charge in [-0.15, -0.1) is 0 Å². The van der Waals surface area contributed by atoms with E-state index >= 15 is 0 Å². The number of carbonyl (C=O) groups excluding carboxylic acids is 3. The molecule has 140 valence electrons. The number of benzene rings is 2. The van der Waals surface area contributed by atoms with Crippen LogP contribution >= 0.6 is 11.6 Å². The molecule has 0 unspecified atom stereocenters. The summed E-state index contributed by atoms with van der Waals surface area (Å²) in [4.78, 5) is 45.9. The standard InChI is InChI=1S/C17H13ClN2O7/c1-26-14-5-3-2-4-11(14)16(22)19-15(21)9-27-17(23)10-6-7-12(18)13(8-10)20(24)25/h2-8H,9H2,1H3,(H,19,21,22). The molecule has 0 aromatic heterocycles. The number of hydrogen-bond donors (Lipinski definition) is 1. The Bertz CT molecular complexity index is 914. The van der Waals surface area contributed by atoms with Gasteiger partial charge in [-0.3, -0.25) is 25.0 Å². The molecule has 0 aliphatic carbocycles. The average molecular weight is 393 g/mol. The number of imide groups is 1. The molecule has 0 atom stereocenters. The molecule has 0 spiro atoms. The van der Waals surface area contributed by atoms with Gasteiger partial charge >= 0.3 is 5.97 Å². The Morgan fingerprint density at radius 3 is 2.56 bits per heavy atom. The van der Waals surface area contributed by atoms with Crippen LogP contribution in [-0.2, 0) is 9.53 Å². The zero-order valence-corrected chi connectivity index (χ0v) is 14.7. The third-order valence-electron chi connectivity index (χ3n) is 3.32. The maximum absolute atomic E-state index is 12.1. The number of para-hydroxylation sites is 1. The minimum absolute atomic E-state index is 0.132. The summed E-state index contributed by atoms with van der Waals surface area (Å²) in [6.45, 7) is -0.754. The number of nitro benzene ring substituents is 1. The molecule has 2 amide bonds. The van der Waals surface area contributed by atoms with E-state index in [-0.39, 0.29) is 21.9 Å². The summed E-state index contributed by atoms with van der Waals surface area (Å²) in [7, 11) is 1.38. The van der Waals surface area contributed by atoms with E-state index in [0.29, 0.717) is 0 Å². The Hall–Kier alpha value is -3.46. The number of hydrogen-bond acceptors (Lipinski definition) is 7. The Morgan fingerprint density at radius 1 is 1.19 bits per heavy atom.